The maximum atomic E-state index is 4.18. The van der Waals surface area contributed by atoms with E-state index in [0.29, 0.717) is 0 Å². The van der Waals surface area contributed by atoms with Crippen molar-refractivity contribution in [2.24, 2.45) is 0 Å². The minimum Gasteiger partial charge on any atom is -0.237 e. The van der Waals surface area contributed by atoms with E-state index in [4.69, 9.17) is 0 Å². The summed E-state index contributed by atoms with van der Waals surface area (Å²) < 4.78 is 2.02. The lowest BCUT2D eigenvalue weighted by molar-refractivity contribution is 1.17. The van der Waals surface area contributed by atoms with E-state index in [2.05, 4.69) is 41.8 Å². The highest BCUT2D eigenvalue weighted by Crippen LogP contribution is 2.25. The number of halogens is 2. The molecule has 1 aromatic heterocycles. The monoisotopic (exact) mass is 312 g/mol. The van der Waals surface area contributed by atoms with Crippen molar-refractivity contribution in [3.8, 4) is 11.4 Å². The summed E-state index contributed by atoms with van der Waals surface area (Å²) in [5.41, 5.74) is 0.992. The minimum atomic E-state index is 0.731. The maximum Gasteiger partial charge on any atom is 0.159 e. The summed E-state index contributed by atoms with van der Waals surface area (Å²) >= 11 is 6.85. The first kappa shape index (κ1) is 9.80. The molecule has 14 heavy (non-hydrogen) atoms. The SMILES string of the molecule is Brc1cc(Br)cc(-c2ncccn2)c1. The van der Waals surface area contributed by atoms with Crippen LogP contribution in [0.4, 0.5) is 0 Å². The van der Waals surface area contributed by atoms with E-state index in [-0.39, 0.29) is 0 Å². The molecule has 1 heterocycles. The number of aromatic nitrogens is 2. The molecule has 1 aromatic carbocycles. The van der Waals surface area contributed by atoms with Crippen LogP contribution >= 0.6 is 31.9 Å². The highest BCUT2D eigenvalue weighted by molar-refractivity contribution is 9.11. The van der Waals surface area contributed by atoms with Gasteiger partial charge in [-0.05, 0) is 24.3 Å². The van der Waals surface area contributed by atoms with Crippen LogP contribution in [0.15, 0.2) is 45.6 Å². The molecular formula is C10H6Br2N2. The van der Waals surface area contributed by atoms with Gasteiger partial charge in [-0.2, -0.15) is 0 Å². The van der Waals surface area contributed by atoms with Gasteiger partial charge in [0.05, 0.1) is 0 Å². The predicted molar refractivity (Wildman–Crippen MR) is 62.9 cm³/mol. The highest BCUT2D eigenvalue weighted by atomic mass is 79.9. The Morgan fingerprint density at radius 2 is 1.43 bits per heavy atom. The number of nitrogens with zero attached hydrogens (tertiary/aromatic N) is 2. The van der Waals surface area contributed by atoms with Gasteiger partial charge in [-0.1, -0.05) is 31.9 Å². The Morgan fingerprint density at radius 3 is 2.00 bits per heavy atom. The van der Waals surface area contributed by atoms with Crippen LogP contribution in [-0.2, 0) is 0 Å². The molecule has 0 saturated carbocycles. The first-order chi connectivity index (χ1) is 6.75. The number of benzene rings is 1. The largest absolute Gasteiger partial charge is 0.237 e. The van der Waals surface area contributed by atoms with E-state index in [0.717, 1.165) is 20.3 Å². The molecule has 0 aliphatic carbocycles. The normalized spacial score (nSPS) is 10.1. The molecule has 0 amide bonds. The average Bonchev–Trinajstić information content (AvgIpc) is 2.18. The lowest BCUT2D eigenvalue weighted by atomic mass is 10.2. The smallest absolute Gasteiger partial charge is 0.159 e. The van der Waals surface area contributed by atoms with Gasteiger partial charge in [0.1, 0.15) is 0 Å². The molecule has 0 bridgehead atoms. The van der Waals surface area contributed by atoms with Gasteiger partial charge in [-0.15, -0.1) is 0 Å². The topological polar surface area (TPSA) is 25.8 Å². The molecule has 0 aliphatic rings. The van der Waals surface area contributed by atoms with Crippen molar-refractivity contribution in [2.45, 2.75) is 0 Å². The lowest BCUT2D eigenvalue weighted by Crippen LogP contribution is -1.86. The number of hydrogen-bond donors (Lipinski definition) is 0. The zero-order valence-corrected chi connectivity index (χ0v) is 10.3. The van der Waals surface area contributed by atoms with Gasteiger partial charge in [-0.25, -0.2) is 9.97 Å². The predicted octanol–water partition coefficient (Wildman–Crippen LogP) is 3.67. The molecule has 0 spiro atoms. The summed E-state index contributed by atoms with van der Waals surface area (Å²) in [6, 6.07) is 7.75. The third-order valence-electron chi connectivity index (χ3n) is 1.69. The zero-order valence-electron chi connectivity index (χ0n) is 7.11. The van der Waals surface area contributed by atoms with E-state index in [9.17, 15) is 0 Å². The van der Waals surface area contributed by atoms with Crippen LogP contribution in [0.2, 0.25) is 0 Å². The Morgan fingerprint density at radius 1 is 0.857 bits per heavy atom. The quantitative estimate of drug-likeness (QED) is 0.803. The Hall–Kier alpha value is -0.740. The molecule has 0 aliphatic heterocycles. The fourth-order valence-electron chi connectivity index (χ4n) is 1.13. The van der Waals surface area contributed by atoms with E-state index >= 15 is 0 Å². The maximum absolute atomic E-state index is 4.18. The summed E-state index contributed by atoms with van der Waals surface area (Å²) in [5, 5.41) is 0. The molecule has 70 valence electrons. The van der Waals surface area contributed by atoms with E-state index in [1.165, 1.54) is 0 Å². The van der Waals surface area contributed by atoms with E-state index in [1.807, 2.05) is 18.2 Å². The Kier molecular flexibility index (Phi) is 2.93. The zero-order chi connectivity index (χ0) is 9.97. The van der Waals surface area contributed by atoms with Gasteiger partial charge in [0.15, 0.2) is 5.82 Å². The first-order valence-electron chi connectivity index (χ1n) is 3.99. The van der Waals surface area contributed by atoms with Crippen LogP contribution in [0.1, 0.15) is 0 Å². The first-order valence-corrected chi connectivity index (χ1v) is 5.58. The van der Waals surface area contributed by atoms with Gasteiger partial charge in [0.2, 0.25) is 0 Å². The van der Waals surface area contributed by atoms with Crippen molar-refractivity contribution in [3.05, 3.63) is 45.6 Å². The second-order valence-electron chi connectivity index (χ2n) is 2.73. The van der Waals surface area contributed by atoms with Crippen molar-refractivity contribution in [1.82, 2.24) is 9.97 Å². The summed E-state index contributed by atoms with van der Waals surface area (Å²) in [6.45, 7) is 0. The average molecular weight is 314 g/mol. The van der Waals surface area contributed by atoms with Crippen LogP contribution in [-0.4, -0.2) is 9.97 Å². The van der Waals surface area contributed by atoms with E-state index in [1.54, 1.807) is 18.5 Å². The van der Waals surface area contributed by atoms with Gasteiger partial charge in [0, 0.05) is 26.9 Å². The summed E-state index contributed by atoms with van der Waals surface area (Å²) in [5.74, 6) is 0.731. The van der Waals surface area contributed by atoms with Gasteiger partial charge in [0.25, 0.3) is 0 Å². The number of hydrogen-bond acceptors (Lipinski definition) is 2. The van der Waals surface area contributed by atoms with Crippen LogP contribution in [0, 0.1) is 0 Å². The fraction of sp³-hybridized carbons (Fsp3) is 0. The van der Waals surface area contributed by atoms with Gasteiger partial charge in [-0.3, -0.25) is 0 Å². The highest BCUT2D eigenvalue weighted by Gasteiger charge is 2.02. The Bertz CT molecular complexity index is 423. The van der Waals surface area contributed by atoms with Crippen LogP contribution in [0.25, 0.3) is 11.4 Å². The van der Waals surface area contributed by atoms with Gasteiger partial charge < -0.3 is 0 Å². The molecule has 0 atom stereocenters. The fourth-order valence-corrected chi connectivity index (χ4v) is 2.42. The molecule has 2 aromatic rings. The number of rotatable bonds is 1. The van der Waals surface area contributed by atoms with Crippen LogP contribution < -0.4 is 0 Å². The Balaban J connectivity index is 2.52. The summed E-state index contributed by atoms with van der Waals surface area (Å²) in [6.07, 6.45) is 3.47. The van der Waals surface area contributed by atoms with Crippen molar-refractivity contribution in [1.29, 1.82) is 0 Å². The van der Waals surface area contributed by atoms with Crippen molar-refractivity contribution in [2.75, 3.05) is 0 Å². The molecule has 2 nitrogen and oxygen atoms in total. The minimum absolute atomic E-state index is 0.731. The van der Waals surface area contributed by atoms with Crippen LogP contribution in [0.3, 0.4) is 0 Å². The van der Waals surface area contributed by atoms with Crippen molar-refractivity contribution >= 4 is 31.9 Å². The summed E-state index contributed by atoms with van der Waals surface area (Å²) in [7, 11) is 0. The third kappa shape index (κ3) is 2.19. The molecule has 0 saturated heterocycles. The standard InChI is InChI=1S/C10H6Br2N2/c11-8-4-7(5-9(12)6-8)10-13-2-1-3-14-10/h1-6H. The molecule has 2 rings (SSSR count). The van der Waals surface area contributed by atoms with Crippen LogP contribution in [0.5, 0.6) is 0 Å². The molecule has 4 heteroatoms. The second kappa shape index (κ2) is 4.19. The molecule has 0 unspecified atom stereocenters. The lowest BCUT2D eigenvalue weighted by Gasteiger charge is -2.00. The molecular weight excluding hydrogens is 308 g/mol. The van der Waals surface area contributed by atoms with Crippen molar-refractivity contribution < 1.29 is 0 Å². The van der Waals surface area contributed by atoms with Crippen molar-refractivity contribution in [3.63, 3.8) is 0 Å². The molecule has 0 fully saturated rings. The van der Waals surface area contributed by atoms with Gasteiger partial charge >= 0.3 is 0 Å². The summed E-state index contributed by atoms with van der Waals surface area (Å²) in [4.78, 5) is 8.36. The second-order valence-corrected chi connectivity index (χ2v) is 4.56. The molecule has 0 N–H and O–H groups in total. The third-order valence-corrected chi connectivity index (χ3v) is 2.60. The molecule has 0 radical (unpaired) electrons. The Labute approximate surface area is 98.7 Å². The van der Waals surface area contributed by atoms with E-state index < -0.39 is 0 Å².